The zero-order valence-electron chi connectivity index (χ0n) is 24.2. The molecule has 0 aliphatic rings. The maximum absolute atomic E-state index is 14.8. The van der Waals surface area contributed by atoms with Crippen molar-refractivity contribution in [1.82, 2.24) is 0 Å². The Morgan fingerprint density at radius 3 is 1.63 bits per heavy atom. The van der Waals surface area contributed by atoms with E-state index in [2.05, 4.69) is 0 Å². The molecule has 4 aromatic carbocycles. The Labute approximate surface area is 252 Å². The molecule has 4 aromatic rings. The number of rotatable bonds is 15. The largest absolute Gasteiger partial charge is 0.461 e. The second-order valence-corrected chi connectivity index (χ2v) is 13.2. The topological polar surface area (TPSA) is 99.1 Å². The molecule has 0 bridgehead atoms. The smallest absolute Gasteiger partial charge is 0.310 e. The summed E-state index contributed by atoms with van der Waals surface area (Å²) < 4.78 is 31.9. The number of esters is 2. The van der Waals surface area contributed by atoms with Gasteiger partial charge in [-0.15, -0.1) is 0 Å². The van der Waals surface area contributed by atoms with Gasteiger partial charge in [0.1, 0.15) is 13.2 Å². The normalized spacial score (nSPS) is 14.6. The molecule has 0 aliphatic carbocycles. The average Bonchev–Trinajstić information content (AvgIpc) is 3.06. The fourth-order valence-corrected chi connectivity index (χ4v) is 7.25. The van der Waals surface area contributed by atoms with Crippen molar-refractivity contribution in [1.29, 1.82) is 0 Å². The van der Waals surface area contributed by atoms with Crippen LogP contribution >= 0.6 is 7.37 Å². The third-order valence-electron chi connectivity index (χ3n) is 7.29. The molecule has 4 unspecified atom stereocenters. The molecular formula is C35H37O7P. The zero-order chi connectivity index (χ0) is 30.5. The molecule has 0 saturated heterocycles. The maximum Gasteiger partial charge on any atom is 0.310 e. The van der Waals surface area contributed by atoms with Crippen molar-refractivity contribution in [2.45, 2.75) is 51.1 Å². The van der Waals surface area contributed by atoms with Crippen molar-refractivity contribution in [3.8, 4) is 0 Å². The Bertz CT molecular complexity index is 1460. The maximum atomic E-state index is 14.8. The Balaban J connectivity index is 1.57. The minimum absolute atomic E-state index is 0.00259. The highest BCUT2D eigenvalue weighted by Crippen LogP contribution is 2.65. The van der Waals surface area contributed by atoms with Crippen LogP contribution in [0.1, 0.15) is 47.9 Å². The summed E-state index contributed by atoms with van der Waals surface area (Å²) in [6.07, 6.45) is -0.106. The lowest BCUT2D eigenvalue weighted by Crippen LogP contribution is -2.31. The Morgan fingerprint density at radius 1 is 0.674 bits per heavy atom. The van der Waals surface area contributed by atoms with Gasteiger partial charge >= 0.3 is 11.9 Å². The van der Waals surface area contributed by atoms with E-state index >= 15 is 0 Å². The van der Waals surface area contributed by atoms with Crippen molar-refractivity contribution in [2.75, 3.05) is 0 Å². The van der Waals surface area contributed by atoms with Crippen molar-refractivity contribution < 1.29 is 33.3 Å². The van der Waals surface area contributed by atoms with Crippen LogP contribution < -0.4 is 0 Å². The zero-order valence-corrected chi connectivity index (χ0v) is 25.1. The first-order chi connectivity index (χ1) is 20.9. The van der Waals surface area contributed by atoms with E-state index in [1.807, 2.05) is 91.0 Å². The van der Waals surface area contributed by atoms with E-state index in [0.29, 0.717) is 5.56 Å². The standard InChI is InChI=1S/C35H37O7P/c1-27(43(39,35(38)31-20-12-5-13-21-31)42-26-30-18-10-4-11-19-30)32(34(37)41-25-29-16-8-3-9-17-29)22-23-33(36)40-24-28-14-6-2-7-15-28/h2-21,27,32,35,38H,22-26H2,1H3. The summed E-state index contributed by atoms with van der Waals surface area (Å²) in [5, 5.41) is 11.5. The summed E-state index contributed by atoms with van der Waals surface area (Å²) in [5.74, 6) is -3.65. The number of aliphatic hydroxyl groups is 1. The summed E-state index contributed by atoms with van der Waals surface area (Å²) >= 11 is 0. The van der Waals surface area contributed by atoms with Gasteiger partial charge in [-0.05, 0) is 28.7 Å². The van der Waals surface area contributed by atoms with Gasteiger partial charge in [0.05, 0.1) is 12.5 Å². The minimum Gasteiger partial charge on any atom is -0.461 e. The van der Waals surface area contributed by atoms with Gasteiger partial charge in [-0.3, -0.25) is 14.2 Å². The molecule has 224 valence electrons. The predicted octanol–water partition coefficient (Wildman–Crippen LogP) is 7.44. The number of carbonyl (C=O) groups excluding carboxylic acids is 2. The van der Waals surface area contributed by atoms with Crippen LogP contribution in [0.2, 0.25) is 0 Å². The van der Waals surface area contributed by atoms with Gasteiger partial charge in [0.25, 0.3) is 0 Å². The second-order valence-electron chi connectivity index (χ2n) is 10.3. The first-order valence-corrected chi connectivity index (χ1v) is 16.0. The van der Waals surface area contributed by atoms with Gasteiger partial charge in [0.2, 0.25) is 7.37 Å². The number of carbonyl (C=O) groups is 2. The van der Waals surface area contributed by atoms with Gasteiger partial charge < -0.3 is 19.1 Å². The monoisotopic (exact) mass is 600 g/mol. The fraction of sp³-hybridized carbons (Fsp3) is 0.257. The van der Waals surface area contributed by atoms with Crippen LogP contribution in [0.15, 0.2) is 121 Å². The summed E-state index contributed by atoms with van der Waals surface area (Å²) in [7, 11) is -4.01. The number of ether oxygens (including phenoxy) is 2. The molecule has 43 heavy (non-hydrogen) atoms. The second kappa shape index (κ2) is 16.0. The third-order valence-corrected chi connectivity index (χ3v) is 10.3. The van der Waals surface area contributed by atoms with Gasteiger partial charge in [0.15, 0.2) is 5.85 Å². The van der Waals surface area contributed by atoms with E-state index in [9.17, 15) is 19.3 Å². The number of aliphatic hydroxyl groups excluding tert-OH is 1. The van der Waals surface area contributed by atoms with Crippen LogP contribution in [0.3, 0.4) is 0 Å². The van der Waals surface area contributed by atoms with Crippen LogP contribution in [-0.2, 0) is 48.0 Å². The molecule has 0 amide bonds. The molecule has 1 N–H and O–H groups in total. The lowest BCUT2D eigenvalue weighted by atomic mass is 10.00. The van der Waals surface area contributed by atoms with Gasteiger partial charge in [-0.2, -0.15) is 0 Å². The molecule has 7 nitrogen and oxygen atoms in total. The van der Waals surface area contributed by atoms with Crippen LogP contribution in [0, 0.1) is 5.92 Å². The Hall–Kier alpha value is -4.03. The average molecular weight is 601 g/mol. The quantitative estimate of drug-likeness (QED) is 0.112. The van der Waals surface area contributed by atoms with Crippen molar-refractivity contribution in [3.63, 3.8) is 0 Å². The number of benzene rings is 4. The van der Waals surface area contributed by atoms with E-state index in [1.165, 1.54) is 0 Å². The number of hydrogen-bond acceptors (Lipinski definition) is 7. The first kappa shape index (κ1) is 31.9. The lowest BCUT2D eigenvalue weighted by Gasteiger charge is -2.33. The van der Waals surface area contributed by atoms with Crippen LogP contribution in [0.25, 0.3) is 0 Å². The molecule has 8 heteroatoms. The Kier molecular flexibility index (Phi) is 11.9. The van der Waals surface area contributed by atoms with Gasteiger partial charge in [0, 0.05) is 12.1 Å². The van der Waals surface area contributed by atoms with E-state index in [1.54, 1.807) is 37.3 Å². The van der Waals surface area contributed by atoms with Crippen molar-refractivity contribution in [2.24, 2.45) is 5.92 Å². The van der Waals surface area contributed by atoms with Crippen LogP contribution in [0.5, 0.6) is 0 Å². The van der Waals surface area contributed by atoms with Crippen LogP contribution in [0.4, 0.5) is 0 Å². The van der Waals surface area contributed by atoms with Crippen LogP contribution in [-0.4, -0.2) is 22.7 Å². The summed E-state index contributed by atoms with van der Waals surface area (Å²) in [4.78, 5) is 26.3. The summed E-state index contributed by atoms with van der Waals surface area (Å²) in [6, 6.07) is 36.3. The van der Waals surface area contributed by atoms with E-state index < -0.39 is 36.7 Å². The van der Waals surface area contributed by atoms with E-state index in [0.717, 1.165) is 16.7 Å². The molecule has 0 spiro atoms. The molecule has 0 saturated carbocycles. The molecule has 0 radical (unpaired) electrons. The Morgan fingerprint density at radius 2 is 1.12 bits per heavy atom. The summed E-state index contributed by atoms with van der Waals surface area (Å²) in [6.45, 7) is 1.69. The number of hydrogen-bond donors (Lipinski definition) is 1. The predicted molar refractivity (Wildman–Crippen MR) is 165 cm³/mol. The molecule has 0 heterocycles. The molecule has 0 fully saturated rings. The van der Waals surface area contributed by atoms with E-state index in [4.69, 9.17) is 14.0 Å². The van der Waals surface area contributed by atoms with Gasteiger partial charge in [-0.25, -0.2) is 0 Å². The van der Waals surface area contributed by atoms with Crippen molar-refractivity contribution in [3.05, 3.63) is 144 Å². The first-order valence-electron chi connectivity index (χ1n) is 14.3. The molecule has 0 aliphatic heterocycles. The van der Waals surface area contributed by atoms with E-state index in [-0.39, 0.29) is 32.7 Å². The molecule has 4 rings (SSSR count). The molecule has 4 atom stereocenters. The van der Waals surface area contributed by atoms with Crippen molar-refractivity contribution >= 4 is 19.3 Å². The molecule has 0 aromatic heterocycles. The SMILES string of the molecule is CC(C(CCC(=O)OCc1ccccc1)C(=O)OCc1ccccc1)P(=O)(OCc1ccccc1)C(O)c1ccccc1. The molecular weight excluding hydrogens is 563 g/mol. The summed E-state index contributed by atoms with van der Waals surface area (Å²) in [5.41, 5.74) is 1.81. The highest BCUT2D eigenvalue weighted by Gasteiger charge is 2.46. The third kappa shape index (κ3) is 9.23. The van der Waals surface area contributed by atoms with Gasteiger partial charge in [-0.1, -0.05) is 128 Å². The minimum atomic E-state index is -4.01. The highest BCUT2D eigenvalue weighted by molar-refractivity contribution is 7.59. The highest BCUT2D eigenvalue weighted by atomic mass is 31.2. The lowest BCUT2D eigenvalue weighted by molar-refractivity contribution is -0.151. The fourth-order valence-electron chi connectivity index (χ4n) is 4.72.